The third-order valence-corrected chi connectivity index (χ3v) is 4.43. The highest BCUT2D eigenvalue weighted by Gasteiger charge is 2.20. The minimum absolute atomic E-state index is 0.120. The predicted molar refractivity (Wildman–Crippen MR) is 79.3 cm³/mol. The first kappa shape index (κ1) is 14.4. The van der Waals surface area contributed by atoms with Crippen molar-refractivity contribution in [1.29, 1.82) is 0 Å². The quantitative estimate of drug-likeness (QED) is 0.644. The fraction of sp³-hybridized carbons (Fsp3) is 0.133. The molecule has 7 heteroatoms. The Kier molecular flexibility index (Phi) is 3.50. The maximum absolute atomic E-state index is 12.4. The lowest BCUT2D eigenvalue weighted by Crippen LogP contribution is -2.16. The molecule has 0 saturated heterocycles. The lowest BCUT2D eigenvalue weighted by molar-refractivity contribution is -0.131. The molecule has 3 rings (SSSR count). The van der Waals surface area contributed by atoms with Crippen LogP contribution in [0.3, 0.4) is 0 Å². The van der Waals surface area contributed by atoms with E-state index in [0.717, 1.165) is 5.56 Å². The van der Waals surface area contributed by atoms with E-state index in [-0.39, 0.29) is 22.9 Å². The van der Waals surface area contributed by atoms with Crippen molar-refractivity contribution in [2.75, 3.05) is 4.72 Å². The Morgan fingerprint density at radius 1 is 1.23 bits per heavy atom. The second-order valence-electron chi connectivity index (χ2n) is 4.79. The van der Waals surface area contributed by atoms with Crippen LogP contribution in [0.25, 0.3) is 0 Å². The van der Waals surface area contributed by atoms with E-state index in [1.807, 2.05) is 0 Å². The van der Waals surface area contributed by atoms with Crippen molar-refractivity contribution in [3.8, 4) is 11.5 Å². The van der Waals surface area contributed by atoms with Crippen molar-refractivity contribution < 1.29 is 22.7 Å². The van der Waals surface area contributed by atoms with Gasteiger partial charge in [-0.15, -0.1) is 0 Å². The van der Waals surface area contributed by atoms with Crippen LogP contribution in [0.1, 0.15) is 12.5 Å². The first-order valence-corrected chi connectivity index (χ1v) is 7.99. The van der Waals surface area contributed by atoms with Gasteiger partial charge in [0, 0.05) is 13.0 Å². The fourth-order valence-electron chi connectivity index (χ4n) is 2.10. The number of nitrogens with one attached hydrogen (secondary N) is 1. The molecule has 4 bridgehead atoms. The number of carbonyl (C=O) groups is 1. The van der Waals surface area contributed by atoms with Gasteiger partial charge in [0.25, 0.3) is 10.0 Å². The number of fused-ring (bicyclic) bond motifs is 4. The Labute approximate surface area is 127 Å². The summed E-state index contributed by atoms with van der Waals surface area (Å²) in [5.41, 5.74) is 0.899. The van der Waals surface area contributed by atoms with Gasteiger partial charge in [0.15, 0.2) is 5.75 Å². The molecule has 1 heterocycles. The molecule has 0 fully saturated rings. The van der Waals surface area contributed by atoms with Crippen molar-refractivity contribution >= 4 is 21.7 Å². The maximum atomic E-state index is 12.4. The van der Waals surface area contributed by atoms with Gasteiger partial charge in [0.1, 0.15) is 12.4 Å². The summed E-state index contributed by atoms with van der Waals surface area (Å²) < 4.78 is 37.9. The second-order valence-corrected chi connectivity index (χ2v) is 6.48. The lowest BCUT2D eigenvalue weighted by Gasteiger charge is -2.16. The standard InChI is InChI=1S/C15H13NO5S/c1-10(17)21-15-6-5-12-8-14(15)16-22(18,19)13-4-2-3-11(7-13)9-20-12/h2-8,16H,9H2,1H3. The van der Waals surface area contributed by atoms with Gasteiger partial charge >= 0.3 is 5.97 Å². The fourth-order valence-corrected chi connectivity index (χ4v) is 3.23. The smallest absolute Gasteiger partial charge is 0.308 e. The molecular weight excluding hydrogens is 306 g/mol. The van der Waals surface area contributed by atoms with Crippen LogP contribution in [0.15, 0.2) is 47.4 Å². The molecule has 0 amide bonds. The van der Waals surface area contributed by atoms with E-state index in [1.165, 1.54) is 25.1 Å². The highest BCUT2D eigenvalue weighted by Crippen LogP contribution is 2.32. The first-order chi connectivity index (χ1) is 10.4. The van der Waals surface area contributed by atoms with Crippen LogP contribution in [-0.2, 0) is 21.4 Å². The monoisotopic (exact) mass is 319 g/mol. The average molecular weight is 319 g/mol. The van der Waals surface area contributed by atoms with Crippen LogP contribution in [-0.4, -0.2) is 14.4 Å². The Morgan fingerprint density at radius 2 is 2.05 bits per heavy atom. The van der Waals surface area contributed by atoms with Crippen molar-refractivity contribution in [2.24, 2.45) is 0 Å². The van der Waals surface area contributed by atoms with Crippen LogP contribution >= 0.6 is 0 Å². The third-order valence-electron chi connectivity index (χ3n) is 3.06. The molecule has 22 heavy (non-hydrogen) atoms. The van der Waals surface area contributed by atoms with Gasteiger partial charge in [-0.1, -0.05) is 12.1 Å². The van der Waals surface area contributed by atoms with Gasteiger partial charge in [-0.05, 0) is 29.8 Å². The number of anilines is 1. The minimum Gasteiger partial charge on any atom is -0.489 e. The summed E-state index contributed by atoms with van der Waals surface area (Å²) in [5.74, 6) is 0.0595. The van der Waals surface area contributed by atoms with E-state index in [9.17, 15) is 13.2 Å². The minimum atomic E-state index is -3.77. The van der Waals surface area contributed by atoms with Crippen molar-refractivity contribution in [3.05, 3.63) is 48.0 Å². The van der Waals surface area contributed by atoms with E-state index in [0.29, 0.717) is 5.75 Å². The zero-order chi connectivity index (χ0) is 15.7. The van der Waals surface area contributed by atoms with Gasteiger partial charge in [-0.3, -0.25) is 9.52 Å². The zero-order valence-corrected chi connectivity index (χ0v) is 12.5. The normalized spacial score (nSPS) is 15.1. The maximum Gasteiger partial charge on any atom is 0.308 e. The molecule has 0 aromatic heterocycles. The van der Waals surface area contributed by atoms with Crippen LogP contribution in [0, 0.1) is 0 Å². The molecule has 0 saturated carbocycles. The number of rotatable bonds is 1. The number of sulfonamides is 1. The summed E-state index contributed by atoms with van der Waals surface area (Å²) in [6.45, 7) is 1.49. The molecule has 1 N–H and O–H groups in total. The van der Waals surface area contributed by atoms with E-state index in [4.69, 9.17) is 9.47 Å². The summed E-state index contributed by atoms with van der Waals surface area (Å²) in [7, 11) is -3.77. The number of hydrogen-bond acceptors (Lipinski definition) is 5. The van der Waals surface area contributed by atoms with Gasteiger partial charge < -0.3 is 9.47 Å². The van der Waals surface area contributed by atoms with Crippen molar-refractivity contribution in [3.63, 3.8) is 0 Å². The molecule has 0 radical (unpaired) electrons. The van der Waals surface area contributed by atoms with Crippen molar-refractivity contribution in [1.82, 2.24) is 0 Å². The van der Waals surface area contributed by atoms with Gasteiger partial charge in [-0.25, -0.2) is 8.42 Å². The van der Waals surface area contributed by atoms with Gasteiger partial charge in [-0.2, -0.15) is 0 Å². The zero-order valence-electron chi connectivity index (χ0n) is 11.7. The molecule has 114 valence electrons. The Morgan fingerprint density at radius 3 is 2.82 bits per heavy atom. The largest absolute Gasteiger partial charge is 0.489 e. The molecule has 1 aliphatic heterocycles. The number of esters is 1. The molecule has 2 aromatic carbocycles. The average Bonchev–Trinajstić information content (AvgIpc) is 2.46. The van der Waals surface area contributed by atoms with Crippen LogP contribution in [0.2, 0.25) is 0 Å². The molecule has 0 spiro atoms. The summed E-state index contributed by atoms with van der Waals surface area (Å²) >= 11 is 0. The van der Waals surface area contributed by atoms with E-state index < -0.39 is 16.0 Å². The summed E-state index contributed by atoms with van der Waals surface area (Å²) in [6, 6.07) is 11.1. The Balaban J connectivity index is 2.11. The molecule has 2 aromatic rings. The highest BCUT2D eigenvalue weighted by molar-refractivity contribution is 7.92. The van der Waals surface area contributed by atoms with E-state index in [2.05, 4.69) is 4.72 Å². The molecular formula is C15H13NO5S. The van der Waals surface area contributed by atoms with Crippen molar-refractivity contribution in [2.45, 2.75) is 18.4 Å². The van der Waals surface area contributed by atoms with E-state index >= 15 is 0 Å². The second kappa shape index (κ2) is 5.34. The number of hydrogen-bond donors (Lipinski definition) is 1. The molecule has 0 aliphatic carbocycles. The number of carbonyl (C=O) groups excluding carboxylic acids is 1. The van der Waals surface area contributed by atoms with Gasteiger partial charge in [0.2, 0.25) is 0 Å². The summed E-state index contributed by atoms with van der Waals surface area (Å²) in [5, 5.41) is 0. The molecule has 1 aliphatic rings. The highest BCUT2D eigenvalue weighted by atomic mass is 32.2. The molecule has 0 unspecified atom stereocenters. The first-order valence-electron chi connectivity index (χ1n) is 6.51. The molecule has 6 nitrogen and oxygen atoms in total. The third kappa shape index (κ3) is 2.89. The lowest BCUT2D eigenvalue weighted by atomic mass is 10.2. The van der Waals surface area contributed by atoms with Crippen LogP contribution in [0.4, 0.5) is 5.69 Å². The summed E-state index contributed by atoms with van der Waals surface area (Å²) in [4.78, 5) is 11.3. The predicted octanol–water partition coefficient (Wildman–Crippen LogP) is 2.31. The van der Waals surface area contributed by atoms with Gasteiger partial charge in [0.05, 0.1) is 10.6 Å². The van der Waals surface area contributed by atoms with Crippen LogP contribution < -0.4 is 14.2 Å². The number of benzene rings is 2. The number of ether oxygens (including phenoxy) is 2. The van der Waals surface area contributed by atoms with E-state index in [1.54, 1.807) is 24.3 Å². The van der Waals surface area contributed by atoms with Crippen LogP contribution in [0.5, 0.6) is 11.5 Å². The SMILES string of the molecule is CC(=O)Oc1ccc2cc1NS(=O)(=O)c1cccc(c1)CO2. The Bertz CT molecular complexity index is 845. The Hall–Kier alpha value is -2.54. The molecule has 0 atom stereocenters. The topological polar surface area (TPSA) is 81.7 Å². The summed E-state index contributed by atoms with van der Waals surface area (Å²) in [6.07, 6.45) is 0.